The standard InChI is InChI=1S/C15H8F3NO2/c16-11-2-1-3-12(17)15(11)14(20)8-21-10-5-4-9(7-19)13(18)6-10/h1-6H,8H2. The van der Waals surface area contributed by atoms with Crippen LogP contribution in [-0.2, 0) is 0 Å². The summed E-state index contributed by atoms with van der Waals surface area (Å²) >= 11 is 0. The van der Waals surface area contributed by atoms with Crippen LogP contribution in [0.2, 0.25) is 0 Å². The Kier molecular flexibility index (Phi) is 4.24. The number of ether oxygens (including phenoxy) is 1. The molecule has 6 heteroatoms. The summed E-state index contributed by atoms with van der Waals surface area (Å²) in [4.78, 5) is 11.7. The van der Waals surface area contributed by atoms with Gasteiger partial charge in [-0.1, -0.05) is 6.07 Å². The number of nitriles is 1. The molecule has 0 radical (unpaired) electrons. The molecule has 0 aliphatic carbocycles. The molecular weight excluding hydrogens is 283 g/mol. The third-order valence-electron chi connectivity index (χ3n) is 2.67. The summed E-state index contributed by atoms with van der Waals surface area (Å²) in [5, 5.41) is 8.57. The Morgan fingerprint density at radius 3 is 2.33 bits per heavy atom. The fourth-order valence-corrected chi connectivity index (χ4v) is 1.66. The average Bonchev–Trinajstić information content (AvgIpc) is 2.45. The highest BCUT2D eigenvalue weighted by Gasteiger charge is 2.17. The van der Waals surface area contributed by atoms with Crippen molar-refractivity contribution in [2.45, 2.75) is 0 Å². The molecule has 0 saturated heterocycles. The van der Waals surface area contributed by atoms with Gasteiger partial charge in [-0.2, -0.15) is 5.26 Å². The van der Waals surface area contributed by atoms with Gasteiger partial charge in [-0.15, -0.1) is 0 Å². The number of carbonyl (C=O) groups is 1. The van der Waals surface area contributed by atoms with Gasteiger partial charge in [0.25, 0.3) is 0 Å². The topological polar surface area (TPSA) is 50.1 Å². The highest BCUT2D eigenvalue weighted by molar-refractivity contribution is 5.97. The zero-order chi connectivity index (χ0) is 15.4. The lowest BCUT2D eigenvalue weighted by molar-refractivity contribution is 0.0912. The second-order valence-electron chi connectivity index (χ2n) is 4.06. The van der Waals surface area contributed by atoms with Crippen LogP contribution in [-0.4, -0.2) is 12.4 Å². The van der Waals surface area contributed by atoms with E-state index in [0.29, 0.717) is 0 Å². The largest absolute Gasteiger partial charge is 0.485 e. The Balaban J connectivity index is 2.12. The van der Waals surface area contributed by atoms with Crippen molar-refractivity contribution in [3.8, 4) is 11.8 Å². The summed E-state index contributed by atoms with van der Waals surface area (Å²) in [6.07, 6.45) is 0. The van der Waals surface area contributed by atoms with Gasteiger partial charge >= 0.3 is 0 Å². The van der Waals surface area contributed by atoms with Gasteiger partial charge in [0.05, 0.1) is 11.1 Å². The first-order chi connectivity index (χ1) is 10.0. The van der Waals surface area contributed by atoms with Gasteiger partial charge in [-0.05, 0) is 24.3 Å². The lowest BCUT2D eigenvalue weighted by atomic mass is 10.1. The molecule has 2 rings (SSSR count). The van der Waals surface area contributed by atoms with Gasteiger partial charge in [0.1, 0.15) is 29.3 Å². The molecule has 0 N–H and O–H groups in total. The fraction of sp³-hybridized carbons (Fsp3) is 0.0667. The predicted molar refractivity (Wildman–Crippen MR) is 67.3 cm³/mol. The maximum Gasteiger partial charge on any atom is 0.206 e. The number of benzene rings is 2. The zero-order valence-corrected chi connectivity index (χ0v) is 10.6. The summed E-state index contributed by atoms with van der Waals surface area (Å²) in [6.45, 7) is -0.650. The van der Waals surface area contributed by atoms with Crippen molar-refractivity contribution in [1.29, 1.82) is 5.26 Å². The lowest BCUT2D eigenvalue weighted by Gasteiger charge is -2.07. The number of carbonyl (C=O) groups excluding carboxylic acids is 1. The molecule has 106 valence electrons. The molecule has 0 heterocycles. The Morgan fingerprint density at radius 2 is 1.76 bits per heavy atom. The van der Waals surface area contributed by atoms with Crippen LogP contribution in [0.1, 0.15) is 15.9 Å². The van der Waals surface area contributed by atoms with Crippen LogP contribution >= 0.6 is 0 Å². The first-order valence-electron chi connectivity index (χ1n) is 5.82. The normalized spacial score (nSPS) is 10.0. The zero-order valence-electron chi connectivity index (χ0n) is 10.6. The Morgan fingerprint density at radius 1 is 1.10 bits per heavy atom. The van der Waals surface area contributed by atoms with Gasteiger partial charge in [-0.25, -0.2) is 13.2 Å². The predicted octanol–water partition coefficient (Wildman–Crippen LogP) is 3.24. The second kappa shape index (κ2) is 6.09. The number of ketones is 1. The molecule has 0 amide bonds. The number of hydrogen-bond acceptors (Lipinski definition) is 3. The highest BCUT2D eigenvalue weighted by Crippen LogP contribution is 2.17. The lowest BCUT2D eigenvalue weighted by Crippen LogP contribution is -2.15. The third-order valence-corrected chi connectivity index (χ3v) is 2.67. The fourth-order valence-electron chi connectivity index (χ4n) is 1.66. The van der Waals surface area contributed by atoms with E-state index in [-0.39, 0.29) is 11.3 Å². The van der Waals surface area contributed by atoms with E-state index in [1.807, 2.05) is 0 Å². The summed E-state index contributed by atoms with van der Waals surface area (Å²) in [6, 6.07) is 8.06. The molecule has 0 unspecified atom stereocenters. The molecule has 0 aliphatic heterocycles. The summed E-state index contributed by atoms with van der Waals surface area (Å²) < 4.78 is 45.1. The number of Topliss-reactive ketones (excluding diaryl/α,β-unsaturated/α-hetero) is 1. The number of rotatable bonds is 4. The third kappa shape index (κ3) is 3.20. The molecule has 0 atom stereocenters. The molecule has 0 saturated carbocycles. The van der Waals surface area contributed by atoms with Crippen LogP contribution in [0.15, 0.2) is 36.4 Å². The summed E-state index contributed by atoms with van der Waals surface area (Å²) in [5.41, 5.74) is -0.875. The van der Waals surface area contributed by atoms with E-state index in [1.165, 1.54) is 12.1 Å². The molecule has 0 aromatic heterocycles. The number of halogens is 3. The van der Waals surface area contributed by atoms with Crippen LogP contribution in [0.3, 0.4) is 0 Å². The molecule has 0 bridgehead atoms. The van der Waals surface area contributed by atoms with Crippen molar-refractivity contribution in [3.63, 3.8) is 0 Å². The maximum atomic E-state index is 13.4. The minimum atomic E-state index is -0.991. The van der Waals surface area contributed by atoms with E-state index < -0.39 is 35.4 Å². The van der Waals surface area contributed by atoms with Crippen molar-refractivity contribution in [3.05, 3.63) is 65.0 Å². The van der Waals surface area contributed by atoms with Crippen LogP contribution in [0, 0.1) is 28.8 Å². The summed E-state index contributed by atoms with van der Waals surface area (Å²) in [7, 11) is 0. The second-order valence-corrected chi connectivity index (χ2v) is 4.06. The molecule has 2 aromatic rings. The van der Waals surface area contributed by atoms with Crippen LogP contribution < -0.4 is 4.74 Å². The number of nitrogens with zero attached hydrogens (tertiary/aromatic N) is 1. The minimum absolute atomic E-state index is 0.0170. The van der Waals surface area contributed by atoms with Gasteiger partial charge in [0.15, 0.2) is 6.61 Å². The van der Waals surface area contributed by atoms with Gasteiger partial charge in [0, 0.05) is 6.07 Å². The van der Waals surface area contributed by atoms with Gasteiger partial charge < -0.3 is 4.74 Å². The van der Waals surface area contributed by atoms with E-state index in [4.69, 9.17) is 10.00 Å². The Labute approximate surface area is 118 Å². The van der Waals surface area contributed by atoms with Gasteiger partial charge in [-0.3, -0.25) is 4.79 Å². The SMILES string of the molecule is N#Cc1ccc(OCC(=O)c2c(F)cccc2F)cc1F. The van der Waals surface area contributed by atoms with E-state index in [9.17, 15) is 18.0 Å². The monoisotopic (exact) mass is 291 g/mol. The first kappa shape index (κ1) is 14.6. The first-order valence-corrected chi connectivity index (χ1v) is 5.82. The van der Waals surface area contributed by atoms with Crippen LogP contribution in [0.25, 0.3) is 0 Å². The van der Waals surface area contributed by atoms with Crippen LogP contribution in [0.5, 0.6) is 5.75 Å². The van der Waals surface area contributed by atoms with Crippen LogP contribution in [0.4, 0.5) is 13.2 Å². The van der Waals surface area contributed by atoms with Crippen molar-refractivity contribution in [2.24, 2.45) is 0 Å². The Hall–Kier alpha value is -2.81. The van der Waals surface area contributed by atoms with Crippen molar-refractivity contribution in [1.82, 2.24) is 0 Å². The van der Waals surface area contributed by atoms with E-state index >= 15 is 0 Å². The number of hydrogen-bond donors (Lipinski definition) is 0. The molecular formula is C15H8F3NO2. The Bertz CT molecular complexity index is 718. The highest BCUT2D eigenvalue weighted by atomic mass is 19.1. The summed E-state index contributed by atoms with van der Waals surface area (Å²) in [5.74, 6) is -3.71. The van der Waals surface area contributed by atoms with Crippen molar-refractivity contribution < 1.29 is 22.7 Å². The van der Waals surface area contributed by atoms with E-state index in [2.05, 4.69) is 0 Å². The molecule has 0 spiro atoms. The molecule has 3 nitrogen and oxygen atoms in total. The molecule has 0 aliphatic rings. The van der Waals surface area contributed by atoms with E-state index in [1.54, 1.807) is 6.07 Å². The molecule has 2 aromatic carbocycles. The van der Waals surface area contributed by atoms with Gasteiger partial charge in [0.2, 0.25) is 5.78 Å². The quantitative estimate of drug-likeness (QED) is 0.813. The maximum absolute atomic E-state index is 13.4. The van der Waals surface area contributed by atoms with E-state index in [0.717, 1.165) is 24.3 Å². The minimum Gasteiger partial charge on any atom is -0.485 e. The molecule has 21 heavy (non-hydrogen) atoms. The smallest absolute Gasteiger partial charge is 0.206 e. The molecule has 0 fully saturated rings. The average molecular weight is 291 g/mol. The van der Waals surface area contributed by atoms with Crippen molar-refractivity contribution in [2.75, 3.05) is 6.61 Å². The van der Waals surface area contributed by atoms with Crippen molar-refractivity contribution >= 4 is 5.78 Å².